The molecule has 1 saturated carbocycles. The normalized spacial score (nSPS) is 23.7. The molecule has 1 aromatic heterocycles. The summed E-state index contributed by atoms with van der Waals surface area (Å²) in [5.74, 6) is 3.63. The number of pyridine rings is 1. The summed E-state index contributed by atoms with van der Waals surface area (Å²) in [5, 5.41) is 3.40. The van der Waals surface area contributed by atoms with Crippen LogP contribution in [0.3, 0.4) is 0 Å². The zero-order valence-electron chi connectivity index (χ0n) is 10.9. The number of hydrogen-bond acceptors (Lipinski definition) is 3. The lowest BCUT2D eigenvalue weighted by molar-refractivity contribution is 0.272. The smallest absolute Gasteiger partial charge is 0.214 e. The number of nitrogens with zero attached hydrogens (tertiary/aromatic N) is 1. The molecule has 2 unspecified atom stereocenters. The van der Waals surface area contributed by atoms with Gasteiger partial charge >= 0.3 is 0 Å². The fraction of sp³-hybridized carbons (Fsp3) is 0.643. The molecule has 0 bridgehead atoms. The SMILES string of the molecule is COc1cccc(NCC2CCCCC2CCl)n1. The van der Waals surface area contributed by atoms with Crippen LogP contribution in [-0.4, -0.2) is 24.5 Å². The summed E-state index contributed by atoms with van der Waals surface area (Å²) in [6.45, 7) is 0.956. The summed E-state index contributed by atoms with van der Waals surface area (Å²) in [4.78, 5) is 4.36. The minimum absolute atomic E-state index is 0.650. The Balaban J connectivity index is 1.89. The van der Waals surface area contributed by atoms with Gasteiger partial charge in [-0.05, 0) is 30.7 Å². The third-order valence-corrected chi connectivity index (χ3v) is 4.14. The highest BCUT2D eigenvalue weighted by molar-refractivity contribution is 6.18. The molecule has 4 heteroatoms. The van der Waals surface area contributed by atoms with Gasteiger partial charge in [0.25, 0.3) is 0 Å². The van der Waals surface area contributed by atoms with Crippen LogP contribution in [0.1, 0.15) is 25.7 Å². The van der Waals surface area contributed by atoms with Crippen LogP contribution < -0.4 is 10.1 Å². The first-order valence-corrected chi connectivity index (χ1v) is 7.18. The predicted octanol–water partition coefficient (Wildman–Crippen LogP) is 3.55. The standard InChI is InChI=1S/C14H21ClN2O/c1-18-14-8-4-7-13(17-14)16-10-12-6-3-2-5-11(12)9-15/h4,7-8,11-12H,2-3,5-6,9-10H2,1H3,(H,16,17). The van der Waals surface area contributed by atoms with Gasteiger partial charge in [0, 0.05) is 18.5 Å². The van der Waals surface area contributed by atoms with Gasteiger partial charge in [0.05, 0.1) is 7.11 Å². The Bertz CT molecular complexity index is 373. The molecule has 1 N–H and O–H groups in total. The molecule has 3 nitrogen and oxygen atoms in total. The highest BCUT2D eigenvalue weighted by Gasteiger charge is 2.24. The minimum Gasteiger partial charge on any atom is -0.481 e. The molecule has 1 aromatic rings. The van der Waals surface area contributed by atoms with Gasteiger partial charge in [-0.2, -0.15) is 4.98 Å². The van der Waals surface area contributed by atoms with Gasteiger partial charge in [-0.15, -0.1) is 11.6 Å². The van der Waals surface area contributed by atoms with Crippen LogP contribution in [0, 0.1) is 11.8 Å². The molecule has 1 fully saturated rings. The first kappa shape index (κ1) is 13.5. The molecule has 0 amide bonds. The largest absolute Gasteiger partial charge is 0.481 e. The van der Waals surface area contributed by atoms with Crippen molar-refractivity contribution in [3.8, 4) is 5.88 Å². The van der Waals surface area contributed by atoms with E-state index in [1.54, 1.807) is 7.11 Å². The molecule has 2 atom stereocenters. The lowest BCUT2D eigenvalue weighted by Gasteiger charge is -2.30. The molecule has 2 rings (SSSR count). The maximum absolute atomic E-state index is 6.04. The van der Waals surface area contributed by atoms with Gasteiger partial charge in [-0.3, -0.25) is 0 Å². The maximum atomic E-state index is 6.04. The fourth-order valence-electron chi connectivity index (χ4n) is 2.62. The van der Waals surface area contributed by atoms with Crippen LogP contribution in [0.2, 0.25) is 0 Å². The maximum Gasteiger partial charge on any atom is 0.214 e. The van der Waals surface area contributed by atoms with Crippen molar-refractivity contribution in [3.05, 3.63) is 18.2 Å². The molecular weight excluding hydrogens is 248 g/mol. The van der Waals surface area contributed by atoms with E-state index >= 15 is 0 Å². The first-order valence-electron chi connectivity index (χ1n) is 6.64. The van der Waals surface area contributed by atoms with Gasteiger partial charge in [0.1, 0.15) is 5.82 Å². The van der Waals surface area contributed by atoms with E-state index in [-0.39, 0.29) is 0 Å². The summed E-state index contributed by atoms with van der Waals surface area (Å²) >= 11 is 6.04. The molecule has 1 heterocycles. The van der Waals surface area contributed by atoms with Crippen LogP contribution in [0.15, 0.2) is 18.2 Å². The van der Waals surface area contributed by atoms with E-state index in [0.717, 1.165) is 18.2 Å². The highest BCUT2D eigenvalue weighted by Crippen LogP contribution is 2.31. The van der Waals surface area contributed by atoms with E-state index in [9.17, 15) is 0 Å². The lowest BCUT2D eigenvalue weighted by atomic mass is 9.80. The van der Waals surface area contributed by atoms with Crippen molar-refractivity contribution in [2.75, 3.05) is 24.9 Å². The summed E-state index contributed by atoms with van der Waals surface area (Å²) in [5.41, 5.74) is 0. The van der Waals surface area contributed by atoms with Crippen LogP contribution in [0.5, 0.6) is 5.88 Å². The zero-order chi connectivity index (χ0) is 12.8. The minimum atomic E-state index is 0.650. The molecule has 0 aromatic carbocycles. The summed E-state index contributed by atoms with van der Waals surface area (Å²) < 4.78 is 5.12. The average molecular weight is 269 g/mol. The number of halogens is 1. The predicted molar refractivity (Wildman–Crippen MR) is 75.4 cm³/mol. The van der Waals surface area contributed by atoms with Gasteiger partial charge in [-0.25, -0.2) is 0 Å². The van der Waals surface area contributed by atoms with E-state index < -0.39 is 0 Å². The molecule has 0 radical (unpaired) electrons. The Morgan fingerprint density at radius 1 is 1.33 bits per heavy atom. The second-order valence-corrected chi connectivity index (χ2v) is 5.21. The van der Waals surface area contributed by atoms with Crippen molar-refractivity contribution in [2.45, 2.75) is 25.7 Å². The van der Waals surface area contributed by atoms with Crippen LogP contribution in [0.25, 0.3) is 0 Å². The molecule has 100 valence electrons. The Kier molecular flexibility index (Phi) is 5.12. The van der Waals surface area contributed by atoms with E-state index in [2.05, 4.69) is 10.3 Å². The highest BCUT2D eigenvalue weighted by atomic mass is 35.5. The quantitative estimate of drug-likeness (QED) is 0.830. The number of nitrogens with one attached hydrogen (secondary N) is 1. The molecular formula is C14H21ClN2O. The van der Waals surface area contributed by atoms with E-state index in [1.807, 2.05) is 18.2 Å². The molecule has 0 saturated heterocycles. The molecule has 18 heavy (non-hydrogen) atoms. The van der Waals surface area contributed by atoms with Crippen LogP contribution in [-0.2, 0) is 0 Å². The number of alkyl halides is 1. The molecule has 1 aliphatic rings. The van der Waals surface area contributed by atoms with Crippen LogP contribution in [0.4, 0.5) is 5.82 Å². The molecule has 1 aliphatic carbocycles. The fourth-order valence-corrected chi connectivity index (χ4v) is 3.03. The van der Waals surface area contributed by atoms with Crippen molar-refractivity contribution < 1.29 is 4.74 Å². The van der Waals surface area contributed by atoms with Crippen LogP contribution >= 0.6 is 11.6 Å². The van der Waals surface area contributed by atoms with Crippen molar-refractivity contribution in [1.82, 2.24) is 4.98 Å². The Morgan fingerprint density at radius 2 is 2.11 bits per heavy atom. The Hall–Kier alpha value is -0.960. The Labute approximate surface area is 114 Å². The van der Waals surface area contributed by atoms with E-state index in [0.29, 0.717) is 17.7 Å². The van der Waals surface area contributed by atoms with Gasteiger partial charge in [0.15, 0.2) is 0 Å². The number of ether oxygens (including phenoxy) is 1. The summed E-state index contributed by atoms with van der Waals surface area (Å²) in [6, 6.07) is 5.78. The van der Waals surface area contributed by atoms with Crippen molar-refractivity contribution in [2.24, 2.45) is 11.8 Å². The lowest BCUT2D eigenvalue weighted by Crippen LogP contribution is -2.27. The topological polar surface area (TPSA) is 34.1 Å². The number of anilines is 1. The number of aromatic nitrogens is 1. The van der Waals surface area contributed by atoms with Gasteiger partial charge < -0.3 is 10.1 Å². The van der Waals surface area contributed by atoms with Crippen molar-refractivity contribution in [1.29, 1.82) is 0 Å². The third kappa shape index (κ3) is 3.52. The number of rotatable bonds is 5. The second-order valence-electron chi connectivity index (χ2n) is 4.91. The summed E-state index contributed by atoms with van der Waals surface area (Å²) in [6.07, 6.45) is 5.19. The monoisotopic (exact) mass is 268 g/mol. The molecule has 0 spiro atoms. The first-order chi connectivity index (χ1) is 8.83. The van der Waals surface area contributed by atoms with Crippen molar-refractivity contribution in [3.63, 3.8) is 0 Å². The number of hydrogen-bond donors (Lipinski definition) is 1. The van der Waals surface area contributed by atoms with Crippen molar-refractivity contribution >= 4 is 17.4 Å². The van der Waals surface area contributed by atoms with Gasteiger partial charge in [-0.1, -0.05) is 18.9 Å². The summed E-state index contributed by atoms with van der Waals surface area (Å²) in [7, 11) is 1.64. The van der Waals surface area contributed by atoms with E-state index in [4.69, 9.17) is 16.3 Å². The second kappa shape index (κ2) is 6.83. The third-order valence-electron chi connectivity index (χ3n) is 3.74. The Morgan fingerprint density at radius 3 is 2.83 bits per heavy atom. The molecule has 0 aliphatic heterocycles. The van der Waals surface area contributed by atoms with E-state index in [1.165, 1.54) is 25.7 Å². The zero-order valence-corrected chi connectivity index (χ0v) is 11.6. The van der Waals surface area contributed by atoms with Gasteiger partial charge in [0.2, 0.25) is 5.88 Å². The number of methoxy groups -OCH3 is 1. The average Bonchev–Trinajstić information content (AvgIpc) is 2.45.